The summed E-state index contributed by atoms with van der Waals surface area (Å²) in [4.78, 5) is 0. The van der Waals surface area contributed by atoms with E-state index in [1.165, 1.54) is 50.1 Å². The maximum absolute atomic E-state index is 6.57. The Hall–Kier alpha value is -2.02. The summed E-state index contributed by atoms with van der Waals surface area (Å²) in [6, 6.07) is 25.9. The normalized spacial score (nSPS) is 14.5. The van der Waals surface area contributed by atoms with Crippen molar-refractivity contribution in [3.8, 4) is 11.1 Å². The van der Waals surface area contributed by atoms with Crippen molar-refractivity contribution in [2.24, 2.45) is 0 Å². The number of benzene rings is 4. The molecule has 0 amide bonds. The maximum atomic E-state index is 6.57. The monoisotopic (exact) mass is 828 g/mol. The number of hydrogen-bond acceptors (Lipinski definition) is 0. The Morgan fingerprint density at radius 2 is 1.06 bits per heavy atom. The predicted octanol–water partition coefficient (Wildman–Crippen LogP) is 6.84. The van der Waals surface area contributed by atoms with Gasteiger partial charge in [-0.3, -0.25) is 0 Å². The van der Waals surface area contributed by atoms with Gasteiger partial charge in [-0.15, -0.1) is 0 Å². The van der Waals surface area contributed by atoms with Gasteiger partial charge in [-0.2, -0.15) is 0 Å². The van der Waals surface area contributed by atoms with Crippen LogP contribution in [0.15, 0.2) is 91.0 Å². The molecular weight excluding hydrogens is 774 g/mol. The van der Waals surface area contributed by atoms with Gasteiger partial charge in [0.05, 0.1) is 0 Å². The minimum absolute atomic E-state index is 0. The zero-order valence-corrected chi connectivity index (χ0v) is 38.3. The van der Waals surface area contributed by atoms with E-state index < -0.39 is 21.3 Å². The molecule has 4 aromatic rings. The first-order valence-corrected chi connectivity index (χ1v) is 22.7. The topological polar surface area (TPSA) is 0 Å². The fourth-order valence-electron chi connectivity index (χ4n) is 8.19. The minimum Gasteiger partial charge on any atom is -1.00 e. The Labute approximate surface area is 340 Å². The number of rotatable bonds is 4. The van der Waals surface area contributed by atoms with Crippen LogP contribution in [0.25, 0.3) is 11.1 Å². The van der Waals surface area contributed by atoms with Gasteiger partial charge in [-0.1, -0.05) is 0 Å². The maximum Gasteiger partial charge on any atom is -1.00 e. The molecule has 0 fully saturated rings. The van der Waals surface area contributed by atoms with Crippen LogP contribution < -0.4 is 28.1 Å². The Kier molecular flexibility index (Phi) is 12.5. The smallest absolute Gasteiger partial charge is 1.00 e. The Morgan fingerprint density at radius 1 is 0.596 bits per heavy atom. The molecule has 0 nitrogen and oxygen atoms in total. The van der Waals surface area contributed by atoms with Crippen molar-refractivity contribution in [3.63, 3.8) is 0 Å². The summed E-state index contributed by atoms with van der Waals surface area (Å²) in [5, 5.41) is 0.786. The fourth-order valence-corrected chi connectivity index (χ4v) is 17.7. The van der Waals surface area contributed by atoms with Crippen LogP contribution in [0.5, 0.6) is 0 Å². The van der Waals surface area contributed by atoms with E-state index in [2.05, 4.69) is 181 Å². The molecule has 0 atom stereocenters. The second kappa shape index (κ2) is 15.3. The van der Waals surface area contributed by atoms with Crippen LogP contribution in [0, 0.1) is 6.92 Å². The van der Waals surface area contributed by atoms with Crippen LogP contribution in [0.3, 0.4) is 0 Å². The summed E-state index contributed by atoms with van der Waals surface area (Å²) >= 11 is 3.62. The molecule has 0 saturated heterocycles. The van der Waals surface area contributed by atoms with E-state index in [9.17, 15) is 0 Å². The quantitative estimate of drug-likeness (QED) is 0.186. The number of allylic oxidation sites excluding steroid dienone is 4. The molecule has 0 N–H and O–H groups in total. The number of halogens is 3. The first-order chi connectivity index (χ1) is 23.2. The molecule has 0 unspecified atom stereocenters. The fraction of sp³-hybridized carbons (Fsp3) is 0.396. The predicted molar refractivity (Wildman–Crippen MR) is 217 cm³/mol. The Morgan fingerprint density at radius 3 is 1.54 bits per heavy atom. The van der Waals surface area contributed by atoms with Crippen molar-refractivity contribution in [2.45, 2.75) is 122 Å². The first-order valence-electron chi connectivity index (χ1n) is 18.5. The molecule has 52 heavy (non-hydrogen) atoms. The first kappa shape index (κ1) is 42.7. The van der Waals surface area contributed by atoms with Gasteiger partial charge in [0.15, 0.2) is 0 Å². The van der Waals surface area contributed by atoms with Crippen LogP contribution in [0.4, 0.5) is 0 Å². The van der Waals surface area contributed by atoms with Crippen molar-refractivity contribution in [1.82, 2.24) is 0 Å². The number of aryl methyl sites for hydroxylation is 1. The molecule has 4 aromatic carbocycles. The summed E-state index contributed by atoms with van der Waals surface area (Å²) in [6.07, 6.45) is 10.6. The Balaban J connectivity index is 0.00000302. The molecular formula is C48H57Cl3Zr. The van der Waals surface area contributed by atoms with E-state index in [1.807, 2.05) is 0 Å². The van der Waals surface area contributed by atoms with Gasteiger partial charge in [-0.25, -0.2) is 0 Å². The SMILES string of the molecule is Cc1ccc([C](c2ccc(Cl)cc2)=[Zr+2]([c]2c3c(cc(C(C)(C)C)c2C(C)(C)C)-c2cc(C(C)(C)C)c(C(C)(C)C)cc2C3)[CH]2C=CC=C2)cc1.[Cl-].[Cl-]. The molecule has 2 aliphatic carbocycles. The number of fused-ring (bicyclic) bond motifs is 3. The van der Waals surface area contributed by atoms with Gasteiger partial charge >= 0.3 is 318 Å². The molecule has 4 heteroatoms. The van der Waals surface area contributed by atoms with Crippen molar-refractivity contribution in [1.29, 1.82) is 0 Å². The summed E-state index contributed by atoms with van der Waals surface area (Å²) in [5.74, 6) is 0. The van der Waals surface area contributed by atoms with Gasteiger partial charge < -0.3 is 24.8 Å². The van der Waals surface area contributed by atoms with E-state index in [4.69, 9.17) is 11.6 Å². The van der Waals surface area contributed by atoms with E-state index >= 15 is 0 Å². The second-order valence-corrected chi connectivity index (χ2v) is 25.5. The molecule has 2 aliphatic rings. The van der Waals surface area contributed by atoms with E-state index in [0.717, 1.165) is 11.4 Å². The zero-order valence-electron chi connectivity index (χ0n) is 33.6. The Bertz CT molecular complexity index is 1990. The molecule has 6 rings (SSSR count). The average Bonchev–Trinajstić information content (AvgIpc) is 3.66. The van der Waals surface area contributed by atoms with Gasteiger partial charge in [-0.05, 0) is 0 Å². The largest absolute Gasteiger partial charge is 1.00 e. The summed E-state index contributed by atoms with van der Waals surface area (Å²) in [7, 11) is 0. The van der Waals surface area contributed by atoms with Gasteiger partial charge in [0, 0.05) is 0 Å². The van der Waals surface area contributed by atoms with E-state index in [-0.39, 0.29) is 46.5 Å². The van der Waals surface area contributed by atoms with E-state index in [1.54, 1.807) is 17.6 Å². The molecule has 0 aliphatic heterocycles. The third-order valence-corrected chi connectivity index (χ3v) is 18.9. The molecule has 0 aromatic heterocycles. The molecule has 0 saturated carbocycles. The van der Waals surface area contributed by atoms with Gasteiger partial charge in [0.25, 0.3) is 0 Å². The molecule has 274 valence electrons. The summed E-state index contributed by atoms with van der Waals surface area (Å²) in [5.41, 5.74) is 16.1. The second-order valence-electron chi connectivity index (χ2n) is 18.9. The summed E-state index contributed by atoms with van der Waals surface area (Å²) in [6.45, 7) is 31.1. The molecule has 0 bridgehead atoms. The van der Waals surface area contributed by atoms with Crippen LogP contribution >= 0.6 is 11.6 Å². The third kappa shape index (κ3) is 8.30. The van der Waals surface area contributed by atoms with Crippen molar-refractivity contribution in [2.75, 3.05) is 0 Å². The molecule has 0 radical (unpaired) electrons. The van der Waals surface area contributed by atoms with Crippen LogP contribution in [0.1, 0.15) is 133 Å². The van der Waals surface area contributed by atoms with Crippen LogP contribution in [0.2, 0.25) is 8.65 Å². The van der Waals surface area contributed by atoms with Gasteiger partial charge in [0.2, 0.25) is 0 Å². The number of hydrogen-bond donors (Lipinski definition) is 0. The zero-order chi connectivity index (χ0) is 36.6. The van der Waals surface area contributed by atoms with Crippen molar-refractivity contribution >= 4 is 18.1 Å². The van der Waals surface area contributed by atoms with Crippen LogP contribution in [-0.4, -0.2) is 3.21 Å². The minimum atomic E-state index is -2.94. The van der Waals surface area contributed by atoms with Crippen molar-refractivity contribution < 1.29 is 46.1 Å². The molecule has 0 spiro atoms. The summed E-state index contributed by atoms with van der Waals surface area (Å²) < 4.78 is 3.68. The average molecular weight is 832 g/mol. The van der Waals surface area contributed by atoms with Crippen molar-refractivity contribution in [3.05, 3.63) is 146 Å². The van der Waals surface area contributed by atoms with Gasteiger partial charge in [0.1, 0.15) is 0 Å². The van der Waals surface area contributed by atoms with E-state index in [0.29, 0.717) is 3.63 Å². The molecule has 0 heterocycles. The van der Waals surface area contributed by atoms with Crippen LogP contribution in [-0.2, 0) is 49.3 Å². The standard InChI is InChI=1S/C29H41.C14H11Cl.C5H5.2ClH.Zr/c1-26(2,3)22-14-18-13-19-15-23(27(4,5)6)25(29(10,11)12)17-21(19)20(18)16-24(22)28(7,8)9;1-11-2-4-12(5-3-11)10-13-6-8-14(15)9-7-13;1-2-4-5-3-1;;;/h14,16-17H,13H2,1-12H3;2-9H,1H3;1-5H;2*1H;/q;;;;;+2/p-2. The third-order valence-electron chi connectivity index (χ3n) is 10.6.